The zero-order chi connectivity index (χ0) is 17.7. The molecule has 0 unspecified atom stereocenters. The average molecular weight is 327 g/mol. The van der Waals surface area contributed by atoms with Gasteiger partial charge in [-0.2, -0.15) is 10.5 Å². The minimum atomic E-state index is -0.405. The van der Waals surface area contributed by atoms with E-state index in [1.54, 1.807) is 13.8 Å². The van der Waals surface area contributed by atoms with Crippen LogP contribution in [0.2, 0.25) is 0 Å². The third-order valence-corrected chi connectivity index (χ3v) is 4.65. The van der Waals surface area contributed by atoms with Gasteiger partial charge in [0.25, 0.3) is 5.56 Å². The van der Waals surface area contributed by atoms with E-state index in [1.165, 1.54) is 0 Å². The molecule has 1 heterocycles. The van der Waals surface area contributed by atoms with Crippen molar-refractivity contribution in [3.63, 3.8) is 0 Å². The molecule has 1 saturated carbocycles. The molecule has 1 aliphatic rings. The summed E-state index contributed by atoms with van der Waals surface area (Å²) in [5.41, 5.74) is 1.75. The van der Waals surface area contributed by atoms with E-state index in [0.29, 0.717) is 17.7 Å². The number of hydrogen-bond donors (Lipinski definition) is 1. The van der Waals surface area contributed by atoms with Gasteiger partial charge in [0.1, 0.15) is 17.7 Å². The molecule has 1 aromatic heterocycles. The number of nitrogens with one attached hydrogen (secondary N) is 1. The van der Waals surface area contributed by atoms with E-state index in [4.69, 9.17) is 15.3 Å². The van der Waals surface area contributed by atoms with Crippen molar-refractivity contribution in [1.29, 1.82) is 10.5 Å². The van der Waals surface area contributed by atoms with Gasteiger partial charge in [0, 0.05) is 12.1 Å². The van der Waals surface area contributed by atoms with E-state index in [2.05, 4.69) is 11.1 Å². The van der Waals surface area contributed by atoms with Crippen molar-refractivity contribution in [1.82, 2.24) is 4.98 Å². The summed E-state index contributed by atoms with van der Waals surface area (Å²) >= 11 is 0. The predicted octanol–water partition coefficient (Wildman–Crippen LogP) is 2.42. The minimum Gasteiger partial charge on any atom is -0.461 e. The lowest BCUT2D eigenvalue weighted by molar-refractivity contribution is -0.152. The summed E-state index contributed by atoms with van der Waals surface area (Å²) in [6.07, 6.45) is 3.72. The Bertz CT molecular complexity index is 767. The van der Waals surface area contributed by atoms with Crippen molar-refractivity contribution in [2.24, 2.45) is 5.92 Å². The van der Waals surface area contributed by atoms with E-state index < -0.39 is 5.56 Å². The number of nitrogens with zero attached hydrogens (tertiary/aromatic N) is 2. The van der Waals surface area contributed by atoms with Gasteiger partial charge in [0.2, 0.25) is 0 Å². The zero-order valence-electron chi connectivity index (χ0n) is 14.0. The molecule has 0 aromatic carbocycles. The van der Waals surface area contributed by atoms with Gasteiger partial charge in [-0.3, -0.25) is 9.59 Å². The normalized spacial score (nSPS) is 20.0. The van der Waals surface area contributed by atoms with Crippen molar-refractivity contribution < 1.29 is 9.53 Å². The van der Waals surface area contributed by atoms with Gasteiger partial charge >= 0.3 is 5.97 Å². The van der Waals surface area contributed by atoms with Gasteiger partial charge in [0.15, 0.2) is 0 Å². The third-order valence-electron chi connectivity index (χ3n) is 4.65. The topological polar surface area (TPSA) is 107 Å². The lowest BCUT2D eigenvalue weighted by Crippen LogP contribution is -2.29. The van der Waals surface area contributed by atoms with Crippen molar-refractivity contribution in [2.75, 3.05) is 0 Å². The van der Waals surface area contributed by atoms with E-state index in [-0.39, 0.29) is 30.0 Å². The number of esters is 1. The third kappa shape index (κ3) is 3.83. The molecule has 0 radical (unpaired) electrons. The molecule has 6 nitrogen and oxygen atoms in total. The first-order valence-electron chi connectivity index (χ1n) is 8.19. The summed E-state index contributed by atoms with van der Waals surface area (Å²) in [6, 6.07) is 4.12. The van der Waals surface area contributed by atoms with Crippen LogP contribution < -0.4 is 5.56 Å². The second-order valence-corrected chi connectivity index (χ2v) is 6.22. The molecule has 0 amide bonds. The van der Waals surface area contributed by atoms with Crippen LogP contribution in [0.5, 0.6) is 0 Å². The molecular formula is C18H21N3O3. The Labute approximate surface area is 141 Å². The fourth-order valence-corrected chi connectivity index (χ4v) is 3.26. The van der Waals surface area contributed by atoms with E-state index >= 15 is 0 Å². The van der Waals surface area contributed by atoms with Crippen LogP contribution in [0, 0.1) is 42.4 Å². The maximum Gasteiger partial charge on any atom is 0.306 e. The average Bonchev–Trinajstić information content (AvgIpc) is 2.55. The Balaban J connectivity index is 2.04. The Morgan fingerprint density at radius 1 is 1.29 bits per heavy atom. The van der Waals surface area contributed by atoms with Crippen LogP contribution in [0.3, 0.4) is 0 Å². The first-order valence-corrected chi connectivity index (χ1v) is 8.19. The van der Waals surface area contributed by atoms with Gasteiger partial charge in [-0.1, -0.05) is 6.42 Å². The molecule has 6 heteroatoms. The summed E-state index contributed by atoms with van der Waals surface area (Å²) in [7, 11) is 0. The van der Waals surface area contributed by atoms with Crippen molar-refractivity contribution in [2.45, 2.75) is 58.5 Å². The lowest BCUT2D eigenvalue weighted by atomic mass is 9.87. The van der Waals surface area contributed by atoms with Crippen LogP contribution in [0.25, 0.3) is 0 Å². The maximum atomic E-state index is 12.1. The number of rotatable bonds is 4. The monoisotopic (exact) mass is 327 g/mol. The molecule has 1 aliphatic carbocycles. The number of ether oxygens (including phenoxy) is 1. The molecule has 24 heavy (non-hydrogen) atoms. The smallest absolute Gasteiger partial charge is 0.306 e. The van der Waals surface area contributed by atoms with Crippen molar-refractivity contribution >= 4 is 5.97 Å². The summed E-state index contributed by atoms with van der Waals surface area (Å²) in [5.74, 6) is -0.560. The van der Waals surface area contributed by atoms with E-state index in [0.717, 1.165) is 31.2 Å². The van der Waals surface area contributed by atoms with Gasteiger partial charge in [-0.05, 0) is 50.7 Å². The highest BCUT2D eigenvalue weighted by Gasteiger charge is 2.28. The highest BCUT2D eigenvalue weighted by molar-refractivity contribution is 5.70. The van der Waals surface area contributed by atoms with E-state index in [1.807, 2.05) is 6.07 Å². The highest BCUT2D eigenvalue weighted by atomic mass is 16.5. The van der Waals surface area contributed by atoms with Crippen LogP contribution in [0.15, 0.2) is 4.79 Å². The molecule has 0 aliphatic heterocycles. The molecule has 1 fully saturated rings. The van der Waals surface area contributed by atoms with Crippen molar-refractivity contribution in [3.8, 4) is 12.1 Å². The largest absolute Gasteiger partial charge is 0.461 e. The lowest BCUT2D eigenvalue weighted by Gasteiger charge is -2.26. The maximum absolute atomic E-state index is 12.1. The van der Waals surface area contributed by atoms with Crippen LogP contribution in [-0.4, -0.2) is 17.1 Å². The molecule has 0 bridgehead atoms. The van der Waals surface area contributed by atoms with Crippen LogP contribution in [-0.2, 0) is 16.0 Å². The van der Waals surface area contributed by atoms with Gasteiger partial charge in [-0.15, -0.1) is 0 Å². The SMILES string of the molecule is Cc1[nH]c(=O)c(C#N)c(C)c1CCC(=O)O[C@@H]1CCCC[C@H]1C#N. The molecule has 1 N–H and O–H groups in total. The summed E-state index contributed by atoms with van der Waals surface area (Å²) in [6.45, 7) is 3.47. The second kappa shape index (κ2) is 7.79. The number of carbonyl (C=O) groups is 1. The fraction of sp³-hybridized carbons (Fsp3) is 0.556. The first-order chi connectivity index (χ1) is 11.5. The zero-order valence-corrected chi connectivity index (χ0v) is 14.0. The van der Waals surface area contributed by atoms with Crippen molar-refractivity contribution in [3.05, 3.63) is 32.7 Å². The molecule has 0 saturated heterocycles. The number of pyridine rings is 1. The Morgan fingerprint density at radius 2 is 2.00 bits per heavy atom. The standard InChI is InChI=1S/C18H21N3O3/c1-11-14(12(2)21-18(23)15(11)10-20)7-8-17(22)24-16-6-4-3-5-13(16)9-19/h13,16H,3-8H2,1-2H3,(H,21,23)/t13-,16+/m0/s1. The quantitative estimate of drug-likeness (QED) is 0.855. The number of H-pyrrole nitrogens is 1. The Kier molecular flexibility index (Phi) is 5.76. The van der Waals surface area contributed by atoms with Gasteiger partial charge in [0.05, 0.1) is 12.0 Å². The van der Waals surface area contributed by atoms with Gasteiger partial charge in [-0.25, -0.2) is 0 Å². The van der Waals surface area contributed by atoms with E-state index in [9.17, 15) is 9.59 Å². The highest BCUT2D eigenvalue weighted by Crippen LogP contribution is 2.27. The second-order valence-electron chi connectivity index (χ2n) is 6.22. The summed E-state index contributed by atoms with van der Waals surface area (Å²) in [5, 5.41) is 18.2. The summed E-state index contributed by atoms with van der Waals surface area (Å²) in [4.78, 5) is 26.5. The molecule has 2 rings (SSSR count). The van der Waals surface area contributed by atoms with Crippen LogP contribution >= 0.6 is 0 Å². The Hall–Kier alpha value is -2.60. The van der Waals surface area contributed by atoms with Crippen LogP contribution in [0.1, 0.15) is 54.5 Å². The number of aromatic amines is 1. The number of aromatic nitrogens is 1. The minimum absolute atomic E-state index is 0.0841. The molecule has 0 spiro atoms. The fourth-order valence-electron chi connectivity index (χ4n) is 3.26. The number of carbonyl (C=O) groups excluding carboxylic acids is 1. The molecule has 2 atom stereocenters. The number of hydrogen-bond acceptors (Lipinski definition) is 5. The summed E-state index contributed by atoms with van der Waals surface area (Å²) < 4.78 is 5.48. The first kappa shape index (κ1) is 17.7. The molecular weight excluding hydrogens is 306 g/mol. The number of aryl methyl sites for hydroxylation is 1. The van der Waals surface area contributed by atoms with Crippen LogP contribution in [0.4, 0.5) is 0 Å². The molecule has 1 aromatic rings. The Morgan fingerprint density at radius 3 is 2.67 bits per heavy atom. The van der Waals surface area contributed by atoms with Gasteiger partial charge < -0.3 is 9.72 Å². The predicted molar refractivity (Wildman–Crippen MR) is 87.0 cm³/mol. The molecule has 126 valence electrons. The number of nitriles is 2.